The molecular weight excluding hydrogens is 262 g/mol. The number of carboxylic acids is 1. The topological polar surface area (TPSA) is 98.7 Å². The Morgan fingerprint density at radius 1 is 1.25 bits per heavy atom. The van der Waals surface area contributed by atoms with E-state index in [0.29, 0.717) is 12.5 Å². The molecule has 0 aliphatic heterocycles. The van der Waals surface area contributed by atoms with Gasteiger partial charge in [0.15, 0.2) is 0 Å². The Morgan fingerprint density at radius 3 is 2.40 bits per heavy atom. The summed E-state index contributed by atoms with van der Waals surface area (Å²) in [5, 5.41) is 14.1. The molecule has 0 aromatic rings. The number of hydrogen-bond acceptors (Lipinski definition) is 3. The molecule has 1 aliphatic rings. The standard InChI is InChI=1S/C13H23N3O4/c1-9(2)7-15-11(17)5-6-14-13(20)16(8-12(18)19)10-3-4-10/h9-10H,3-8H2,1-2H3,(H,14,20)(H,15,17)(H,18,19). The fraction of sp³-hybridized carbons (Fsp3) is 0.769. The largest absolute Gasteiger partial charge is 0.480 e. The van der Waals surface area contributed by atoms with E-state index in [1.165, 1.54) is 4.90 Å². The first kappa shape index (κ1) is 16.3. The highest BCUT2D eigenvalue weighted by atomic mass is 16.4. The maximum Gasteiger partial charge on any atom is 0.323 e. The average Bonchev–Trinajstić information content (AvgIpc) is 3.17. The van der Waals surface area contributed by atoms with Gasteiger partial charge in [0.2, 0.25) is 5.91 Å². The summed E-state index contributed by atoms with van der Waals surface area (Å²) in [6.45, 7) is 4.53. The normalized spacial score (nSPS) is 13.9. The van der Waals surface area contributed by atoms with Crippen LogP contribution in [0.5, 0.6) is 0 Å². The zero-order chi connectivity index (χ0) is 15.1. The summed E-state index contributed by atoms with van der Waals surface area (Å²) in [5.41, 5.74) is 0. The average molecular weight is 285 g/mol. The van der Waals surface area contributed by atoms with Gasteiger partial charge in [-0.05, 0) is 18.8 Å². The van der Waals surface area contributed by atoms with Crippen LogP contribution in [0.4, 0.5) is 4.79 Å². The van der Waals surface area contributed by atoms with Crippen LogP contribution in [0.25, 0.3) is 0 Å². The number of carbonyl (C=O) groups is 3. The lowest BCUT2D eigenvalue weighted by Gasteiger charge is -2.20. The molecule has 7 nitrogen and oxygen atoms in total. The van der Waals surface area contributed by atoms with Crippen LogP contribution in [0.3, 0.4) is 0 Å². The minimum atomic E-state index is -1.03. The molecule has 0 bridgehead atoms. The summed E-state index contributed by atoms with van der Waals surface area (Å²) in [6.07, 6.45) is 1.88. The van der Waals surface area contributed by atoms with E-state index in [9.17, 15) is 14.4 Å². The summed E-state index contributed by atoms with van der Waals surface area (Å²) in [6, 6.07) is -0.382. The minimum Gasteiger partial charge on any atom is -0.480 e. The predicted octanol–water partition coefficient (Wildman–Crippen LogP) is 0.407. The number of urea groups is 1. The number of carbonyl (C=O) groups excluding carboxylic acids is 2. The third-order valence-electron chi connectivity index (χ3n) is 2.89. The number of rotatable bonds is 8. The van der Waals surface area contributed by atoms with Crippen LogP contribution in [-0.4, -0.2) is 53.6 Å². The van der Waals surface area contributed by atoms with Crippen molar-refractivity contribution in [3.05, 3.63) is 0 Å². The zero-order valence-corrected chi connectivity index (χ0v) is 12.0. The Bertz CT molecular complexity index is 367. The van der Waals surface area contributed by atoms with E-state index in [4.69, 9.17) is 5.11 Å². The third-order valence-corrected chi connectivity index (χ3v) is 2.89. The highest BCUT2D eigenvalue weighted by Gasteiger charge is 2.33. The van der Waals surface area contributed by atoms with E-state index in [0.717, 1.165) is 12.8 Å². The van der Waals surface area contributed by atoms with E-state index < -0.39 is 12.0 Å². The summed E-state index contributed by atoms with van der Waals surface area (Å²) >= 11 is 0. The summed E-state index contributed by atoms with van der Waals surface area (Å²) in [7, 11) is 0. The van der Waals surface area contributed by atoms with Crippen molar-refractivity contribution >= 4 is 17.9 Å². The molecule has 114 valence electrons. The molecule has 20 heavy (non-hydrogen) atoms. The molecule has 1 aliphatic carbocycles. The van der Waals surface area contributed by atoms with Gasteiger partial charge < -0.3 is 20.6 Å². The number of carboxylic acid groups (broad SMARTS) is 1. The van der Waals surface area contributed by atoms with Gasteiger partial charge in [0.05, 0.1) is 0 Å². The second-order valence-corrected chi connectivity index (χ2v) is 5.43. The number of amides is 3. The van der Waals surface area contributed by atoms with Gasteiger partial charge in [-0.25, -0.2) is 4.79 Å². The van der Waals surface area contributed by atoms with Crippen molar-refractivity contribution in [3.63, 3.8) is 0 Å². The van der Waals surface area contributed by atoms with Crippen LogP contribution in [0.2, 0.25) is 0 Å². The number of nitrogens with zero attached hydrogens (tertiary/aromatic N) is 1. The molecule has 0 spiro atoms. The van der Waals surface area contributed by atoms with Crippen molar-refractivity contribution in [2.75, 3.05) is 19.6 Å². The van der Waals surface area contributed by atoms with Crippen molar-refractivity contribution in [1.29, 1.82) is 0 Å². The van der Waals surface area contributed by atoms with Gasteiger partial charge in [-0.15, -0.1) is 0 Å². The molecule has 1 rings (SSSR count). The fourth-order valence-corrected chi connectivity index (χ4v) is 1.69. The highest BCUT2D eigenvalue weighted by Crippen LogP contribution is 2.26. The summed E-state index contributed by atoms with van der Waals surface area (Å²) in [5.74, 6) is -0.758. The van der Waals surface area contributed by atoms with Crippen molar-refractivity contribution in [2.45, 2.75) is 39.2 Å². The molecule has 0 radical (unpaired) electrons. The lowest BCUT2D eigenvalue weighted by atomic mass is 10.2. The molecule has 0 heterocycles. The first-order chi connectivity index (χ1) is 9.40. The van der Waals surface area contributed by atoms with Gasteiger partial charge in [0.25, 0.3) is 0 Å². The molecule has 0 saturated heterocycles. The fourth-order valence-electron chi connectivity index (χ4n) is 1.69. The molecule has 3 amide bonds. The Morgan fingerprint density at radius 2 is 1.90 bits per heavy atom. The van der Waals surface area contributed by atoms with Crippen LogP contribution >= 0.6 is 0 Å². The molecule has 3 N–H and O–H groups in total. The van der Waals surface area contributed by atoms with Gasteiger partial charge in [-0.2, -0.15) is 0 Å². The second-order valence-electron chi connectivity index (χ2n) is 5.43. The van der Waals surface area contributed by atoms with E-state index in [2.05, 4.69) is 10.6 Å². The number of hydrogen-bond donors (Lipinski definition) is 3. The first-order valence-corrected chi connectivity index (χ1v) is 6.93. The van der Waals surface area contributed by atoms with Crippen LogP contribution in [0, 0.1) is 5.92 Å². The maximum absolute atomic E-state index is 11.8. The maximum atomic E-state index is 11.8. The molecule has 1 fully saturated rings. The summed E-state index contributed by atoms with van der Waals surface area (Å²) < 4.78 is 0. The van der Waals surface area contributed by atoms with Crippen molar-refractivity contribution in [3.8, 4) is 0 Å². The predicted molar refractivity (Wildman–Crippen MR) is 73.2 cm³/mol. The second kappa shape index (κ2) is 7.72. The highest BCUT2D eigenvalue weighted by molar-refractivity contribution is 5.81. The molecule has 0 unspecified atom stereocenters. The Labute approximate surface area is 118 Å². The minimum absolute atomic E-state index is 0.0286. The molecule has 0 aromatic carbocycles. The molecular formula is C13H23N3O4. The zero-order valence-electron chi connectivity index (χ0n) is 12.0. The third kappa shape index (κ3) is 6.40. The van der Waals surface area contributed by atoms with Crippen LogP contribution < -0.4 is 10.6 Å². The quantitative estimate of drug-likeness (QED) is 0.601. The molecule has 1 saturated carbocycles. The Kier molecular flexibility index (Phi) is 6.27. The van der Waals surface area contributed by atoms with Crippen molar-refractivity contribution in [1.82, 2.24) is 15.5 Å². The Balaban J connectivity index is 2.24. The molecule has 0 atom stereocenters. The SMILES string of the molecule is CC(C)CNC(=O)CCNC(=O)N(CC(=O)O)C1CC1. The number of aliphatic carboxylic acids is 1. The smallest absolute Gasteiger partial charge is 0.323 e. The first-order valence-electron chi connectivity index (χ1n) is 6.93. The van der Waals surface area contributed by atoms with Crippen LogP contribution in [0.1, 0.15) is 33.1 Å². The van der Waals surface area contributed by atoms with Gasteiger partial charge in [0, 0.05) is 25.6 Å². The number of nitrogens with one attached hydrogen (secondary N) is 2. The van der Waals surface area contributed by atoms with E-state index >= 15 is 0 Å². The van der Waals surface area contributed by atoms with E-state index in [-0.39, 0.29) is 31.5 Å². The van der Waals surface area contributed by atoms with E-state index in [1.807, 2.05) is 13.8 Å². The Hall–Kier alpha value is -1.79. The lowest BCUT2D eigenvalue weighted by Crippen LogP contribution is -2.45. The monoisotopic (exact) mass is 285 g/mol. The van der Waals surface area contributed by atoms with Crippen LogP contribution in [0.15, 0.2) is 0 Å². The van der Waals surface area contributed by atoms with Crippen molar-refractivity contribution < 1.29 is 19.5 Å². The van der Waals surface area contributed by atoms with Gasteiger partial charge in [-0.3, -0.25) is 9.59 Å². The van der Waals surface area contributed by atoms with Crippen molar-refractivity contribution in [2.24, 2.45) is 5.92 Å². The van der Waals surface area contributed by atoms with Crippen LogP contribution in [-0.2, 0) is 9.59 Å². The molecule has 0 aromatic heterocycles. The van der Waals surface area contributed by atoms with Gasteiger partial charge >= 0.3 is 12.0 Å². The van der Waals surface area contributed by atoms with E-state index in [1.54, 1.807) is 0 Å². The summed E-state index contributed by atoms with van der Waals surface area (Å²) in [4.78, 5) is 35.3. The van der Waals surface area contributed by atoms with Gasteiger partial charge in [0.1, 0.15) is 6.54 Å². The lowest BCUT2D eigenvalue weighted by molar-refractivity contribution is -0.137. The molecule has 7 heteroatoms. The van der Waals surface area contributed by atoms with Gasteiger partial charge in [-0.1, -0.05) is 13.8 Å².